The highest BCUT2D eigenvalue weighted by Gasteiger charge is 2.05. The molecule has 5 nitrogen and oxygen atoms in total. The zero-order valence-corrected chi connectivity index (χ0v) is 15.6. The largest absolute Gasteiger partial charge is 0.494 e. The van der Waals surface area contributed by atoms with Crippen molar-refractivity contribution in [2.24, 2.45) is 0 Å². The average Bonchev–Trinajstić information content (AvgIpc) is 2.60. The lowest BCUT2D eigenvalue weighted by atomic mass is 10.1. The van der Waals surface area contributed by atoms with Gasteiger partial charge in [-0.3, -0.25) is 0 Å². The van der Waals surface area contributed by atoms with Crippen LogP contribution >= 0.6 is 0 Å². The molecule has 0 radical (unpaired) electrons. The normalized spacial score (nSPS) is 10.5. The van der Waals surface area contributed by atoms with Crippen LogP contribution in [0.25, 0.3) is 0 Å². The number of nitrogens with zero attached hydrogens (tertiary/aromatic N) is 2. The van der Waals surface area contributed by atoms with Crippen molar-refractivity contribution in [3.05, 3.63) is 65.4 Å². The Bertz CT molecular complexity index is 891. The Morgan fingerprint density at radius 1 is 0.808 bits per heavy atom. The molecule has 0 aliphatic carbocycles. The first-order chi connectivity index (χ1) is 12.5. The minimum atomic E-state index is 0.571. The van der Waals surface area contributed by atoms with Gasteiger partial charge < -0.3 is 15.4 Å². The van der Waals surface area contributed by atoms with E-state index in [4.69, 9.17) is 4.74 Å². The number of nitrogens with one attached hydrogen (secondary N) is 2. The van der Waals surface area contributed by atoms with E-state index in [0.29, 0.717) is 12.6 Å². The fraction of sp³-hybridized carbons (Fsp3) is 0.238. The summed E-state index contributed by atoms with van der Waals surface area (Å²) in [5, 5.41) is 6.60. The summed E-state index contributed by atoms with van der Waals surface area (Å²) < 4.78 is 5.47. The molecule has 0 saturated heterocycles. The molecule has 0 unspecified atom stereocenters. The van der Waals surface area contributed by atoms with Crippen LogP contribution in [0.1, 0.15) is 23.7 Å². The lowest BCUT2D eigenvalue weighted by Gasteiger charge is -2.11. The minimum absolute atomic E-state index is 0.571. The smallest absolute Gasteiger partial charge is 0.229 e. The molecule has 26 heavy (non-hydrogen) atoms. The molecule has 1 heterocycles. The van der Waals surface area contributed by atoms with Crippen molar-refractivity contribution in [1.29, 1.82) is 0 Å². The summed E-state index contributed by atoms with van der Waals surface area (Å²) in [6.45, 7) is 8.78. The molecule has 0 aliphatic heterocycles. The molecule has 2 aromatic carbocycles. The molecule has 3 rings (SSSR count). The molecule has 0 atom stereocenters. The van der Waals surface area contributed by atoms with E-state index in [1.54, 1.807) is 0 Å². The lowest BCUT2D eigenvalue weighted by Crippen LogP contribution is -2.02. The number of hydrogen-bond acceptors (Lipinski definition) is 5. The third kappa shape index (κ3) is 4.51. The molecule has 0 fully saturated rings. The molecule has 134 valence electrons. The van der Waals surface area contributed by atoms with Crippen LogP contribution in [-0.4, -0.2) is 16.6 Å². The van der Waals surface area contributed by atoms with E-state index in [2.05, 4.69) is 46.6 Å². The number of benzene rings is 2. The van der Waals surface area contributed by atoms with E-state index >= 15 is 0 Å². The predicted octanol–water partition coefficient (Wildman–Crippen LogP) is 5.29. The third-order valence-electron chi connectivity index (χ3n) is 4.05. The first-order valence-electron chi connectivity index (χ1n) is 8.73. The van der Waals surface area contributed by atoms with Gasteiger partial charge in [-0.1, -0.05) is 6.07 Å². The molecular weight excluding hydrogens is 324 g/mol. The molecular formula is C21H24N4O. The summed E-state index contributed by atoms with van der Waals surface area (Å²) in [5.74, 6) is 2.17. The molecule has 1 aromatic heterocycles. The highest BCUT2D eigenvalue weighted by Crippen LogP contribution is 2.22. The van der Waals surface area contributed by atoms with Gasteiger partial charge >= 0.3 is 0 Å². The summed E-state index contributed by atoms with van der Waals surface area (Å²) in [4.78, 5) is 9.05. The van der Waals surface area contributed by atoms with E-state index < -0.39 is 0 Å². The second kappa shape index (κ2) is 7.87. The summed E-state index contributed by atoms with van der Waals surface area (Å²) in [6, 6.07) is 16.0. The van der Waals surface area contributed by atoms with Gasteiger partial charge in [0, 0.05) is 23.1 Å². The SMILES string of the molecule is CCOc1ccc(Nc2cc(C)nc(Nc3ccc(C)c(C)c3)n2)cc1. The van der Waals surface area contributed by atoms with Gasteiger partial charge in [-0.05, 0) is 75.2 Å². The fourth-order valence-corrected chi connectivity index (χ4v) is 2.59. The lowest BCUT2D eigenvalue weighted by molar-refractivity contribution is 0.340. The number of rotatable bonds is 6. The number of anilines is 4. The van der Waals surface area contributed by atoms with Gasteiger partial charge in [0.2, 0.25) is 5.95 Å². The van der Waals surface area contributed by atoms with Gasteiger partial charge in [0.1, 0.15) is 11.6 Å². The highest BCUT2D eigenvalue weighted by molar-refractivity contribution is 5.61. The van der Waals surface area contributed by atoms with E-state index in [1.807, 2.05) is 50.2 Å². The van der Waals surface area contributed by atoms with E-state index in [0.717, 1.165) is 28.6 Å². The van der Waals surface area contributed by atoms with Crippen molar-refractivity contribution in [3.8, 4) is 5.75 Å². The Morgan fingerprint density at radius 2 is 1.54 bits per heavy atom. The monoisotopic (exact) mass is 348 g/mol. The van der Waals surface area contributed by atoms with Gasteiger partial charge in [-0.2, -0.15) is 4.98 Å². The van der Waals surface area contributed by atoms with Gasteiger partial charge in [0.05, 0.1) is 6.61 Å². The predicted molar refractivity (Wildman–Crippen MR) is 107 cm³/mol. The van der Waals surface area contributed by atoms with Crippen LogP contribution in [0.3, 0.4) is 0 Å². The zero-order chi connectivity index (χ0) is 18.5. The maximum atomic E-state index is 5.47. The number of ether oxygens (including phenoxy) is 1. The molecule has 0 saturated carbocycles. The molecule has 0 amide bonds. The van der Waals surface area contributed by atoms with Gasteiger partial charge in [-0.15, -0.1) is 0 Å². The molecule has 2 N–H and O–H groups in total. The first-order valence-corrected chi connectivity index (χ1v) is 8.73. The zero-order valence-electron chi connectivity index (χ0n) is 15.6. The second-order valence-electron chi connectivity index (χ2n) is 6.22. The topological polar surface area (TPSA) is 59.1 Å². The average molecular weight is 348 g/mol. The Kier molecular flexibility index (Phi) is 5.37. The quantitative estimate of drug-likeness (QED) is 0.634. The minimum Gasteiger partial charge on any atom is -0.494 e. The Hall–Kier alpha value is -3.08. The van der Waals surface area contributed by atoms with E-state index in [1.165, 1.54) is 11.1 Å². The highest BCUT2D eigenvalue weighted by atomic mass is 16.5. The van der Waals surface area contributed by atoms with E-state index in [-0.39, 0.29) is 0 Å². The fourth-order valence-electron chi connectivity index (χ4n) is 2.59. The summed E-state index contributed by atoms with van der Waals surface area (Å²) in [5.41, 5.74) is 5.31. The molecule has 0 aliphatic rings. The summed E-state index contributed by atoms with van der Waals surface area (Å²) >= 11 is 0. The van der Waals surface area contributed by atoms with Crippen LogP contribution in [-0.2, 0) is 0 Å². The van der Waals surface area contributed by atoms with Crippen molar-refractivity contribution in [3.63, 3.8) is 0 Å². The first kappa shape index (κ1) is 17.7. The second-order valence-corrected chi connectivity index (χ2v) is 6.22. The van der Waals surface area contributed by atoms with Crippen LogP contribution in [0.15, 0.2) is 48.5 Å². The van der Waals surface area contributed by atoms with Crippen molar-refractivity contribution >= 4 is 23.1 Å². The maximum absolute atomic E-state index is 5.47. The number of aromatic nitrogens is 2. The van der Waals surface area contributed by atoms with Gasteiger partial charge in [0.15, 0.2) is 0 Å². The van der Waals surface area contributed by atoms with Crippen LogP contribution < -0.4 is 15.4 Å². The Morgan fingerprint density at radius 3 is 2.23 bits per heavy atom. The van der Waals surface area contributed by atoms with Gasteiger partial charge in [-0.25, -0.2) is 4.98 Å². The third-order valence-corrected chi connectivity index (χ3v) is 4.05. The van der Waals surface area contributed by atoms with Crippen molar-refractivity contribution in [2.45, 2.75) is 27.7 Å². The summed E-state index contributed by atoms with van der Waals surface area (Å²) in [7, 11) is 0. The standard InChI is InChI=1S/C21H24N4O/c1-5-26-19-10-8-17(9-11-19)23-20-13-16(4)22-21(25-20)24-18-7-6-14(2)15(3)12-18/h6-13H,5H2,1-4H3,(H2,22,23,24,25). The van der Waals surface area contributed by atoms with Crippen LogP contribution in [0, 0.1) is 20.8 Å². The van der Waals surface area contributed by atoms with Crippen molar-refractivity contribution < 1.29 is 4.74 Å². The van der Waals surface area contributed by atoms with Crippen molar-refractivity contribution in [1.82, 2.24) is 9.97 Å². The molecule has 0 bridgehead atoms. The van der Waals surface area contributed by atoms with Crippen molar-refractivity contribution in [2.75, 3.05) is 17.2 Å². The number of hydrogen-bond donors (Lipinski definition) is 2. The maximum Gasteiger partial charge on any atom is 0.229 e. The summed E-state index contributed by atoms with van der Waals surface area (Å²) in [6.07, 6.45) is 0. The Labute approximate surface area is 154 Å². The molecule has 3 aromatic rings. The number of aryl methyl sites for hydroxylation is 3. The molecule has 5 heteroatoms. The van der Waals surface area contributed by atoms with E-state index in [9.17, 15) is 0 Å². The van der Waals surface area contributed by atoms with Crippen LogP contribution in [0.2, 0.25) is 0 Å². The van der Waals surface area contributed by atoms with Crippen LogP contribution in [0.5, 0.6) is 5.75 Å². The van der Waals surface area contributed by atoms with Crippen LogP contribution in [0.4, 0.5) is 23.1 Å². The van der Waals surface area contributed by atoms with Gasteiger partial charge in [0.25, 0.3) is 0 Å². The molecule has 0 spiro atoms. The Balaban J connectivity index is 1.77.